The highest BCUT2D eigenvalue weighted by Crippen LogP contribution is 2.33. The van der Waals surface area contributed by atoms with Crippen LogP contribution < -0.4 is 0 Å². The van der Waals surface area contributed by atoms with Crippen molar-refractivity contribution in [1.29, 1.82) is 0 Å². The van der Waals surface area contributed by atoms with E-state index in [1.165, 1.54) is 24.3 Å². The smallest absolute Gasteiger partial charge is 0.167 e. The van der Waals surface area contributed by atoms with Gasteiger partial charge in [-0.3, -0.25) is 0 Å². The third kappa shape index (κ3) is 3.52. The number of aryl methyl sites for hydroxylation is 2. The lowest BCUT2D eigenvalue weighted by Gasteiger charge is -2.11. The third-order valence-electron chi connectivity index (χ3n) is 4.62. The summed E-state index contributed by atoms with van der Waals surface area (Å²) in [7, 11) is 0. The third-order valence-corrected chi connectivity index (χ3v) is 4.62. The first kappa shape index (κ1) is 18.2. The van der Waals surface area contributed by atoms with Crippen LogP contribution >= 0.6 is 0 Å². The lowest BCUT2D eigenvalue weighted by atomic mass is 9.96. The highest BCUT2D eigenvalue weighted by Gasteiger charge is 2.18. The SMILES string of the molecule is CCCc1ccc(-c2ccc(-c3ccc(CC)cc3)c(F)c2F)c(F)c1. The van der Waals surface area contributed by atoms with Crippen LogP contribution in [-0.4, -0.2) is 0 Å². The van der Waals surface area contributed by atoms with Crippen molar-refractivity contribution >= 4 is 0 Å². The van der Waals surface area contributed by atoms with Gasteiger partial charge in [-0.1, -0.05) is 68.8 Å². The molecular weight excluding hydrogens is 333 g/mol. The molecule has 0 N–H and O–H groups in total. The highest BCUT2D eigenvalue weighted by atomic mass is 19.2. The molecule has 3 aromatic rings. The zero-order valence-electron chi connectivity index (χ0n) is 15.0. The minimum atomic E-state index is -1.02. The largest absolute Gasteiger partial charge is 0.206 e. The normalized spacial score (nSPS) is 11.0. The average molecular weight is 354 g/mol. The van der Waals surface area contributed by atoms with Gasteiger partial charge < -0.3 is 0 Å². The molecule has 3 heteroatoms. The molecule has 0 radical (unpaired) electrons. The van der Waals surface area contributed by atoms with E-state index in [1.54, 1.807) is 18.2 Å². The van der Waals surface area contributed by atoms with Crippen molar-refractivity contribution < 1.29 is 13.2 Å². The second kappa shape index (κ2) is 7.77. The first-order valence-corrected chi connectivity index (χ1v) is 8.91. The van der Waals surface area contributed by atoms with Crippen LogP contribution in [0.25, 0.3) is 22.3 Å². The van der Waals surface area contributed by atoms with Gasteiger partial charge in [-0.25, -0.2) is 13.2 Å². The van der Waals surface area contributed by atoms with Crippen molar-refractivity contribution in [2.24, 2.45) is 0 Å². The van der Waals surface area contributed by atoms with Gasteiger partial charge in [0.05, 0.1) is 0 Å². The van der Waals surface area contributed by atoms with Crippen LogP contribution in [0.3, 0.4) is 0 Å². The number of halogens is 3. The van der Waals surface area contributed by atoms with Gasteiger partial charge in [0.25, 0.3) is 0 Å². The summed E-state index contributed by atoms with van der Waals surface area (Å²) in [6.45, 7) is 4.04. The molecule has 0 atom stereocenters. The van der Waals surface area contributed by atoms with Crippen molar-refractivity contribution in [3.05, 3.63) is 83.2 Å². The van der Waals surface area contributed by atoms with Gasteiger partial charge in [0, 0.05) is 16.7 Å². The predicted molar refractivity (Wildman–Crippen MR) is 101 cm³/mol. The predicted octanol–water partition coefficient (Wildman–Crippen LogP) is 6.95. The molecular formula is C23H21F3. The van der Waals surface area contributed by atoms with E-state index in [1.807, 2.05) is 26.0 Å². The van der Waals surface area contributed by atoms with Crippen LogP contribution in [0.5, 0.6) is 0 Å². The molecule has 0 heterocycles. The Morgan fingerprint density at radius 2 is 1.23 bits per heavy atom. The van der Waals surface area contributed by atoms with E-state index in [0.29, 0.717) is 5.56 Å². The van der Waals surface area contributed by atoms with E-state index in [-0.39, 0.29) is 16.7 Å². The summed E-state index contributed by atoms with van der Waals surface area (Å²) in [5, 5.41) is 0. The Bertz CT molecular complexity index is 911. The molecule has 0 saturated heterocycles. The Labute approximate surface area is 152 Å². The summed E-state index contributed by atoms with van der Waals surface area (Å²) in [4.78, 5) is 0. The van der Waals surface area contributed by atoms with Gasteiger partial charge in [0.15, 0.2) is 11.6 Å². The van der Waals surface area contributed by atoms with Gasteiger partial charge in [-0.05, 0) is 35.6 Å². The Balaban J connectivity index is 2.02. The van der Waals surface area contributed by atoms with Crippen LogP contribution in [0.15, 0.2) is 54.6 Å². The van der Waals surface area contributed by atoms with Crippen molar-refractivity contribution in [3.8, 4) is 22.3 Å². The lowest BCUT2D eigenvalue weighted by Crippen LogP contribution is -1.97. The van der Waals surface area contributed by atoms with E-state index in [9.17, 15) is 13.2 Å². The van der Waals surface area contributed by atoms with E-state index >= 15 is 0 Å². The summed E-state index contributed by atoms with van der Waals surface area (Å²) in [5.41, 5.74) is 2.77. The summed E-state index contributed by atoms with van der Waals surface area (Å²) < 4.78 is 43.7. The van der Waals surface area contributed by atoms with Gasteiger partial charge in [0.2, 0.25) is 0 Å². The standard InChI is InChI=1S/C23H21F3/c1-3-5-16-8-11-19(21(24)14-16)20-13-12-18(22(25)23(20)26)17-9-6-15(4-2)7-10-17/h6-14H,3-5H2,1-2H3. The molecule has 3 aromatic carbocycles. The highest BCUT2D eigenvalue weighted by molar-refractivity contribution is 5.72. The van der Waals surface area contributed by atoms with Gasteiger partial charge >= 0.3 is 0 Å². The van der Waals surface area contributed by atoms with Crippen LogP contribution in [0.1, 0.15) is 31.4 Å². The van der Waals surface area contributed by atoms with Crippen molar-refractivity contribution in [2.75, 3.05) is 0 Å². The molecule has 3 rings (SSSR count). The molecule has 0 amide bonds. The second-order valence-electron chi connectivity index (χ2n) is 6.40. The summed E-state index contributed by atoms with van der Waals surface area (Å²) >= 11 is 0. The first-order chi connectivity index (χ1) is 12.5. The molecule has 0 aliphatic rings. The molecule has 0 fully saturated rings. The second-order valence-corrected chi connectivity index (χ2v) is 6.40. The Morgan fingerprint density at radius 1 is 0.654 bits per heavy atom. The molecule has 0 aromatic heterocycles. The molecule has 0 spiro atoms. The number of hydrogen-bond acceptors (Lipinski definition) is 0. The summed E-state index contributed by atoms with van der Waals surface area (Å²) in [6.07, 6.45) is 2.53. The van der Waals surface area contributed by atoms with Crippen LogP contribution in [0, 0.1) is 17.5 Å². The molecule has 0 bridgehead atoms. The fourth-order valence-corrected chi connectivity index (χ4v) is 3.12. The minimum Gasteiger partial charge on any atom is -0.206 e. The van der Waals surface area contributed by atoms with Gasteiger partial charge in [-0.15, -0.1) is 0 Å². The monoisotopic (exact) mass is 354 g/mol. The van der Waals surface area contributed by atoms with E-state index < -0.39 is 17.5 Å². The first-order valence-electron chi connectivity index (χ1n) is 8.91. The molecule has 26 heavy (non-hydrogen) atoms. The molecule has 0 unspecified atom stereocenters. The molecule has 0 saturated carbocycles. The van der Waals surface area contributed by atoms with Gasteiger partial charge in [-0.2, -0.15) is 0 Å². The summed E-state index contributed by atoms with van der Waals surface area (Å²) in [6, 6.07) is 15.0. The van der Waals surface area contributed by atoms with Crippen molar-refractivity contribution in [3.63, 3.8) is 0 Å². The fourth-order valence-electron chi connectivity index (χ4n) is 3.12. The topological polar surface area (TPSA) is 0 Å². The van der Waals surface area contributed by atoms with Crippen LogP contribution in [0.4, 0.5) is 13.2 Å². The molecule has 134 valence electrons. The maximum absolute atomic E-state index is 14.7. The van der Waals surface area contributed by atoms with Crippen LogP contribution in [0.2, 0.25) is 0 Å². The van der Waals surface area contributed by atoms with Crippen molar-refractivity contribution in [1.82, 2.24) is 0 Å². The lowest BCUT2D eigenvalue weighted by molar-refractivity contribution is 0.512. The van der Waals surface area contributed by atoms with E-state index in [0.717, 1.165) is 30.4 Å². The number of hydrogen-bond donors (Lipinski definition) is 0. The number of rotatable bonds is 5. The maximum atomic E-state index is 14.7. The average Bonchev–Trinajstić information content (AvgIpc) is 2.65. The zero-order chi connectivity index (χ0) is 18.7. The molecule has 0 aliphatic heterocycles. The molecule has 0 aliphatic carbocycles. The molecule has 0 nitrogen and oxygen atoms in total. The maximum Gasteiger partial charge on any atom is 0.167 e. The fraction of sp³-hybridized carbons (Fsp3) is 0.217. The minimum absolute atomic E-state index is 0.0584. The van der Waals surface area contributed by atoms with Gasteiger partial charge in [0.1, 0.15) is 5.82 Å². The van der Waals surface area contributed by atoms with E-state index in [2.05, 4.69) is 0 Å². The van der Waals surface area contributed by atoms with E-state index in [4.69, 9.17) is 0 Å². The summed E-state index contributed by atoms with van der Waals surface area (Å²) in [5.74, 6) is -2.51. The Morgan fingerprint density at radius 3 is 1.85 bits per heavy atom. The van der Waals surface area contributed by atoms with Crippen molar-refractivity contribution in [2.45, 2.75) is 33.1 Å². The zero-order valence-corrected chi connectivity index (χ0v) is 15.0. The number of benzene rings is 3. The quantitative estimate of drug-likeness (QED) is 0.465. The Hall–Kier alpha value is -2.55. The van der Waals surface area contributed by atoms with Crippen LogP contribution in [-0.2, 0) is 12.8 Å². The Kier molecular flexibility index (Phi) is 5.46.